The number of hydrogen-bond acceptors (Lipinski definition) is 4. The minimum Gasteiger partial charge on any atom is -0.444 e. The van der Waals surface area contributed by atoms with Gasteiger partial charge in [-0.25, -0.2) is 4.98 Å². The molecule has 0 aliphatic carbocycles. The molecule has 1 aromatic carbocycles. The Morgan fingerprint density at radius 3 is 2.37 bits per heavy atom. The zero-order chi connectivity index (χ0) is 13.6. The number of fused-ring (bicyclic) bond motifs is 1. The van der Waals surface area contributed by atoms with Gasteiger partial charge in [-0.15, -0.1) is 0 Å². The molecule has 2 heterocycles. The molecule has 19 heavy (non-hydrogen) atoms. The first kappa shape index (κ1) is 11.7. The maximum Gasteiger partial charge on any atom is 0.232 e. The standard InChI is InChI=1S/C15H15N3O/c1-8-4-9(2)6-11(5-8)14-13-12(16)7-19-15(13)18-10(3)17-14/h4-7H,16H2,1-3H3. The van der Waals surface area contributed by atoms with Gasteiger partial charge < -0.3 is 10.2 Å². The third kappa shape index (κ3) is 1.95. The van der Waals surface area contributed by atoms with Crippen LogP contribution in [0.5, 0.6) is 0 Å². The summed E-state index contributed by atoms with van der Waals surface area (Å²) < 4.78 is 5.38. The first-order chi connectivity index (χ1) is 9.04. The van der Waals surface area contributed by atoms with Crippen LogP contribution in [0.2, 0.25) is 0 Å². The topological polar surface area (TPSA) is 64.9 Å². The summed E-state index contributed by atoms with van der Waals surface area (Å²) in [6.45, 7) is 5.99. The molecule has 0 aliphatic rings. The zero-order valence-corrected chi connectivity index (χ0v) is 11.2. The van der Waals surface area contributed by atoms with E-state index in [9.17, 15) is 0 Å². The fourth-order valence-electron chi connectivity index (χ4n) is 2.39. The monoisotopic (exact) mass is 253 g/mol. The van der Waals surface area contributed by atoms with Crippen molar-refractivity contribution in [3.63, 3.8) is 0 Å². The van der Waals surface area contributed by atoms with Gasteiger partial charge in [-0.05, 0) is 32.9 Å². The minimum atomic E-state index is 0.541. The molecule has 96 valence electrons. The van der Waals surface area contributed by atoms with Gasteiger partial charge in [-0.2, -0.15) is 4.98 Å². The van der Waals surface area contributed by atoms with Crippen LogP contribution in [0, 0.1) is 20.8 Å². The van der Waals surface area contributed by atoms with Crippen molar-refractivity contribution >= 4 is 16.8 Å². The van der Waals surface area contributed by atoms with E-state index in [1.165, 1.54) is 17.4 Å². The van der Waals surface area contributed by atoms with E-state index in [1.54, 1.807) is 0 Å². The predicted octanol–water partition coefficient (Wildman–Crippen LogP) is 3.40. The second-order valence-corrected chi connectivity index (χ2v) is 4.87. The van der Waals surface area contributed by atoms with E-state index >= 15 is 0 Å². The summed E-state index contributed by atoms with van der Waals surface area (Å²) in [5, 5.41) is 0.788. The van der Waals surface area contributed by atoms with E-state index in [0.717, 1.165) is 16.6 Å². The maximum atomic E-state index is 5.97. The van der Waals surface area contributed by atoms with E-state index in [1.807, 2.05) is 6.92 Å². The van der Waals surface area contributed by atoms with Crippen molar-refractivity contribution in [1.29, 1.82) is 0 Å². The average Bonchev–Trinajstić information content (AvgIpc) is 2.68. The largest absolute Gasteiger partial charge is 0.444 e. The van der Waals surface area contributed by atoms with Crippen LogP contribution < -0.4 is 5.73 Å². The van der Waals surface area contributed by atoms with E-state index in [2.05, 4.69) is 42.0 Å². The lowest BCUT2D eigenvalue weighted by atomic mass is 10.0. The second-order valence-electron chi connectivity index (χ2n) is 4.87. The number of nitrogen functional groups attached to an aromatic ring is 1. The summed E-state index contributed by atoms with van der Waals surface area (Å²) >= 11 is 0. The van der Waals surface area contributed by atoms with Gasteiger partial charge in [0.2, 0.25) is 5.71 Å². The van der Waals surface area contributed by atoms with Crippen LogP contribution in [0.1, 0.15) is 17.0 Å². The van der Waals surface area contributed by atoms with Crippen molar-refractivity contribution < 1.29 is 4.42 Å². The van der Waals surface area contributed by atoms with Crippen LogP contribution in [-0.2, 0) is 0 Å². The summed E-state index contributed by atoms with van der Waals surface area (Å²) in [6, 6.07) is 6.33. The molecular weight excluding hydrogens is 238 g/mol. The molecule has 0 bridgehead atoms. The number of rotatable bonds is 1. The highest BCUT2D eigenvalue weighted by molar-refractivity contribution is 5.98. The average molecular weight is 253 g/mol. The summed E-state index contributed by atoms with van der Waals surface area (Å²) in [6.07, 6.45) is 1.52. The Hall–Kier alpha value is -2.36. The minimum absolute atomic E-state index is 0.541. The maximum absolute atomic E-state index is 5.97. The predicted molar refractivity (Wildman–Crippen MR) is 75.9 cm³/mol. The Morgan fingerprint density at radius 2 is 1.68 bits per heavy atom. The lowest BCUT2D eigenvalue weighted by molar-refractivity contribution is 0.602. The van der Waals surface area contributed by atoms with Gasteiger partial charge in [0.15, 0.2) is 0 Å². The Labute approximate surface area is 111 Å². The SMILES string of the molecule is Cc1cc(C)cc(-c2nc(C)nc3occ(N)c23)c1. The van der Waals surface area contributed by atoms with Crippen LogP contribution in [0.4, 0.5) is 5.69 Å². The van der Waals surface area contributed by atoms with Gasteiger partial charge in [0.1, 0.15) is 12.1 Å². The summed E-state index contributed by atoms with van der Waals surface area (Å²) in [5.41, 5.74) is 11.3. The summed E-state index contributed by atoms with van der Waals surface area (Å²) in [4.78, 5) is 8.81. The molecule has 0 aliphatic heterocycles. The highest BCUT2D eigenvalue weighted by Gasteiger charge is 2.14. The third-order valence-electron chi connectivity index (χ3n) is 3.07. The first-order valence-electron chi connectivity index (χ1n) is 6.14. The molecule has 2 N–H and O–H groups in total. The van der Waals surface area contributed by atoms with Crippen molar-refractivity contribution in [2.45, 2.75) is 20.8 Å². The number of nitrogens with two attached hydrogens (primary N) is 1. The number of aromatic nitrogens is 2. The lowest BCUT2D eigenvalue weighted by Crippen LogP contribution is -1.95. The number of nitrogens with zero attached hydrogens (tertiary/aromatic N) is 2. The Bertz CT molecular complexity index is 754. The molecule has 0 atom stereocenters. The van der Waals surface area contributed by atoms with Crippen molar-refractivity contribution in [3.8, 4) is 11.3 Å². The number of hydrogen-bond donors (Lipinski definition) is 1. The van der Waals surface area contributed by atoms with E-state index in [-0.39, 0.29) is 0 Å². The molecule has 0 unspecified atom stereocenters. The Kier molecular flexibility index (Phi) is 2.52. The first-order valence-corrected chi connectivity index (χ1v) is 6.14. The Balaban J connectivity index is 2.37. The number of furan rings is 1. The van der Waals surface area contributed by atoms with Crippen LogP contribution >= 0.6 is 0 Å². The van der Waals surface area contributed by atoms with E-state index in [0.29, 0.717) is 17.2 Å². The van der Waals surface area contributed by atoms with Crippen LogP contribution in [-0.4, -0.2) is 9.97 Å². The van der Waals surface area contributed by atoms with Crippen LogP contribution in [0.25, 0.3) is 22.4 Å². The van der Waals surface area contributed by atoms with Crippen LogP contribution in [0.15, 0.2) is 28.9 Å². The smallest absolute Gasteiger partial charge is 0.232 e. The molecule has 0 saturated heterocycles. The molecule has 0 amide bonds. The summed E-state index contributed by atoms with van der Waals surface area (Å²) in [5.74, 6) is 0.677. The van der Waals surface area contributed by atoms with E-state index < -0.39 is 0 Å². The molecule has 0 fully saturated rings. The van der Waals surface area contributed by atoms with Gasteiger partial charge in [0.05, 0.1) is 16.8 Å². The molecule has 3 rings (SSSR count). The van der Waals surface area contributed by atoms with Gasteiger partial charge in [-0.1, -0.05) is 17.2 Å². The second kappa shape index (κ2) is 4.09. The van der Waals surface area contributed by atoms with Crippen molar-refractivity contribution in [3.05, 3.63) is 41.4 Å². The van der Waals surface area contributed by atoms with E-state index in [4.69, 9.17) is 10.2 Å². The van der Waals surface area contributed by atoms with Gasteiger partial charge in [0.25, 0.3) is 0 Å². The molecular formula is C15H15N3O. The summed E-state index contributed by atoms with van der Waals surface area (Å²) in [7, 11) is 0. The molecule has 4 nitrogen and oxygen atoms in total. The number of anilines is 1. The van der Waals surface area contributed by atoms with Gasteiger partial charge in [0, 0.05) is 5.56 Å². The van der Waals surface area contributed by atoms with Gasteiger partial charge in [-0.3, -0.25) is 0 Å². The number of benzene rings is 1. The van der Waals surface area contributed by atoms with Crippen molar-refractivity contribution in [2.24, 2.45) is 0 Å². The fourth-order valence-corrected chi connectivity index (χ4v) is 2.39. The van der Waals surface area contributed by atoms with Crippen molar-refractivity contribution in [1.82, 2.24) is 9.97 Å². The molecule has 0 spiro atoms. The molecule has 0 saturated carbocycles. The molecule has 3 aromatic rings. The number of aryl methyl sites for hydroxylation is 3. The normalized spacial score (nSPS) is 11.1. The van der Waals surface area contributed by atoms with Gasteiger partial charge >= 0.3 is 0 Å². The highest BCUT2D eigenvalue weighted by Crippen LogP contribution is 2.32. The van der Waals surface area contributed by atoms with Crippen LogP contribution in [0.3, 0.4) is 0 Å². The third-order valence-corrected chi connectivity index (χ3v) is 3.07. The fraction of sp³-hybridized carbons (Fsp3) is 0.200. The molecule has 0 radical (unpaired) electrons. The highest BCUT2D eigenvalue weighted by atomic mass is 16.3. The molecule has 2 aromatic heterocycles. The quantitative estimate of drug-likeness (QED) is 0.721. The Morgan fingerprint density at radius 1 is 1.00 bits per heavy atom. The van der Waals surface area contributed by atoms with Crippen molar-refractivity contribution in [2.75, 3.05) is 5.73 Å². The lowest BCUT2D eigenvalue weighted by Gasteiger charge is -2.07. The molecule has 4 heteroatoms. The zero-order valence-electron chi connectivity index (χ0n) is 11.2.